The molecule has 0 aliphatic rings. The smallest absolute Gasteiger partial charge is 0.266 e. The molecule has 1 rings (SSSR count). The van der Waals surface area contributed by atoms with E-state index in [1.54, 1.807) is 0 Å². The van der Waals surface area contributed by atoms with Gasteiger partial charge in [0.05, 0.1) is 12.3 Å². The van der Waals surface area contributed by atoms with Crippen LogP contribution in [0.1, 0.15) is 23.2 Å². The Bertz CT molecular complexity index is 333. The van der Waals surface area contributed by atoms with E-state index < -0.39 is 13.0 Å². The molecule has 0 aliphatic carbocycles. The van der Waals surface area contributed by atoms with Gasteiger partial charge in [0.2, 0.25) is 0 Å². The summed E-state index contributed by atoms with van der Waals surface area (Å²) in [6, 6.07) is 0. The van der Waals surface area contributed by atoms with E-state index in [-0.39, 0.29) is 23.4 Å². The topological polar surface area (TPSA) is 59.1 Å². The molecule has 0 aliphatic heterocycles. The van der Waals surface area contributed by atoms with Crippen LogP contribution in [0, 0.1) is 0 Å². The van der Waals surface area contributed by atoms with E-state index in [2.05, 4.69) is 20.9 Å². The molecule has 1 aromatic rings. The Balaban J connectivity index is 3.36. The van der Waals surface area contributed by atoms with Crippen LogP contribution in [-0.4, -0.2) is 10.1 Å². The molecule has 0 saturated carbocycles. The summed E-state index contributed by atoms with van der Waals surface area (Å²) in [5.41, 5.74) is 5.26. The van der Waals surface area contributed by atoms with E-state index in [4.69, 9.17) is 10.8 Å². The zero-order valence-corrected chi connectivity index (χ0v) is 8.76. The number of aromatic nitrogens is 1. The van der Waals surface area contributed by atoms with Crippen LogP contribution in [0.15, 0.2) is 10.7 Å². The summed E-state index contributed by atoms with van der Waals surface area (Å²) in [5, 5.41) is 8.94. The molecule has 0 aromatic carbocycles. The predicted molar refractivity (Wildman–Crippen MR) is 50.7 cm³/mol. The number of aliphatic hydroxyl groups is 1. The summed E-state index contributed by atoms with van der Waals surface area (Å²) in [6.45, 7) is -0.532. The lowest BCUT2D eigenvalue weighted by Gasteiger charge is -2.12. The lowest BCUT2D eigenvalue weighted by Crippen LogP contribution is -2.09. The van der Waals surface area contributed by atoms with Gasteiger partial charge in [0.25, 0.3) is 6.43 Å². The summed E-state index contributed by atoms with van der Waals surface area (Å²) < 4.78 is 25.6. The van der Waals surface area contributed by atoms with E-state index in [0.717, 1.165) is 0 Å². The monoisotopic (exact) mass is 266 g/mol. The number of halogens is 3. The van der Waals surface area contributed by atoms with Gasteiger partial charge in [-0.15, -0.1) is 0 Å². The third-order valence-corrected chi connectivity index (χ3v) is 2.51. The molecule has 0 radical (unpaired) electrons. The quantitative estimate of drug-likeness (QED) is 0.876. The average Bonchev–Trinajstić information content (AvgIpc) is 2.17. The zero-order chi connectivity index (χ0) is 10.7. The minimum Gasteiger partial charge on any atom is -0.392 e. The maximum atomic E-state index is 12.6. The average molecular weight is 267 g/mol. The van der Waals surface area contributed by atoms with Crippen LogP contribution >= 0.6 is 15.9 Å². The number of nitrogens with zero attached hydrogens (tertiary/aromatic N) is 1. The number of rotatable bonds is 3. The molecular weight excluding hydrogens is 258 g/mol. The Labute approximate surface area is 88.1 Å². The van der Waals surface area contributed by atoms with Crippen LogP contribution in [0.25, 0.3) is 0 Å². The van der Waals surface area contributed by atoms with Crippen molar-refractivity contribution in [3.05, 3.63) is 27.5 Å². The molecule has 1 aromatic heterocycles. The highest BCUT2D eigenvalue weighted by Crippen LogP contribution is 2.30. The lowest BCUT2D eigenvalue weighted by molar-refractivity contribution is 0.145. The molecule has 0 unspecified atom stereocenters. The standard InChI is InChI=1S/C8H9BrF2N2O/c9-5-2-13-6(1-12)7(8(10)11)4(5)3-14/h2,8,14H,1,3,12H2. The first-order chi connectivity index (χ1) is 6.61. The fourth-order valence-corrected chi connectivity index (χ4v) is 1.61. The van der Waals surface area contributed by atoms with Gasteiger partial charge in [-0.2, -0.15) is 0 Å². The Morgan fingerprint density at radius 2 is 2.21 bits per heavy atom. The third-order valence-electron chi connectivity index (χ3n) is 1.83. The van der Waals surface area contributed by atoms with E-state index in [1.165, 1.54) is 6.20 Å². The van der Waals surface area contributed by atoms with Crippen molar-refractivity contribution in [2.24, 2.45) is 5.73 Å². The molecule has 0 bridgehead atoms. The van der Waals surface area contributed by atoms with E-state index in [9.17, 15) is 8.78 Å². The molecular formula is C8H9BrF2N2O. The summed E-state index contributed by atoms with van der Waals surface area (Å²) in [6.07, 6.45) is -1.32. The van der Waals surface area contributed by atoms with Crippen molar-refractivity contribution < 1.29 is 13.9 Å². The molecule has 0 fully saturated rings. The molecule has 6 heteroatoms. The van der Waals surface area contributed by atoms with Gasteiger partial charge in [0.1, 0.15) is 0 Å². The Hall–Kier alpha value is -0.590. The van der Waals surface area contributed by atoms with E-state index >= 15 is 0 Å². The molecule has 3 N–H and O–H groups in total. The number of alkyl halides is 2. The molecule has 0 spiro atoms. The molecule has 0 saturated heterocycles. The normalized spacial score (nSPS) is 11.0. The van der Waals surface area contributed by atoms with Crippen LogP contribution in [0.5, 0.6) is 0 Å². The van der Waals surface area contributed by atoms with Gasteiger partial charge in [-0.1, -0.05) is 0 Å². The number of hydrogen-bond donors (Lipinski definition) is 2. The molecule has 0 atom stereocenters. The number of nitrogens with two attached hydrogens (primary N) is 1. The molecule has 14 heavy (non-hydrogen) atoms. The van der Waals surface area contributed by atoms with Crippen molar-refractivity contribution in [1.82, 2.24) is 4.98 Å². The fraction of sp³-hybridized carbons (Fsp3) is 0.375. The second-order valence-corrected chi connectivity index (χ2v) is 3.46. The van der Waals surface area contributed by atoms with Gasteiger partial charge in [-0.25, -0.2) is 8.78 Å². The predicted octanol–water partition coefficient (Wildman–Crippen LogP) is 1.73. The van der Waals surface area contributed by atoms with Gasteiger partial charge in [0, 0.05) is 28.3 Å². The van der Waals surface area contributed by atoms with Crippen LogP contribution in [0.4, 0.5) is 8.78 Å². The van der Waals surface area contributed by atoms with Crippen LogP contribution in [0.2, 0.25) is 0 Å². The first-order valence-electron chi connectivity index (χ1n) is 3.87. The first-order valence-corrected chi connectivity index (χ1v) is 4.66. The molecule has 0 amide bonds. The highest BCUT2D eigenvalue weighted by molar-refractivity contribution is 9.10. The van der Waals surface area contributed by atoms with Crippen molar-refractivity contribution >= 4 is 15.9 Å². The summed E-state index contributed by atoms with van der Waals surface area (Å²) >= 11 is 3.04. The number of aliphatic hydroxyl groups excluding tert-OH is 1. The SMILES string of the molecule is NCc1ncc(Br)c(CO)c1C(F)F. The maximum absolute atomic E-state index is 12.6. The highest BCUT2D eigenvalue weighted by atomic mass is 79.9. The molecule has 3 nitrogen and oxygen atoms in total. The van der Waals surface area contributed by atoms with Crippen LogP contribution in [-0.2, 0) is 13.2 Å². The highest BCUT2D eigenvalue weighted by Gasteiger charge is 2.19. The van der Waals surface area contributed by atoms with Gasteiger partial charge < -0.3 is 10.8 Å². The second-order valence-electron chi connectivity index (χ2n) is 2.61. The minimum atomic E-state index is -2.68. The van der Waals surface area contributed by atoms with E-state index in [1.807, 2.05) is 0 Å². The molecule has 1 heterocycles. The summed E-state index contributed by atoms with van der Waals surface area (Å²) in [4.78, 5) is 3.76. The largest absolute Gasteiger partial charge is 0.392 e. The summed E-state index contributed by atoms with van der Waals surface area (Å²) in [5.74, 6) is 0. The van der Waals surface area contributed by atoms with Gasteiger partial charge in [-0.3, -0.25) is 4.98 Å². The van der Waals surface area contributed by atoms with Crippen molar-refractivity contribution in [2.45, 2.75) is 19.6 Å². The second kappa shape index (κ2) is 4.77. The zero-order valence-electron chi connectivity index (χ0n) is 7.17. The van der Waals surface area contributed by atoms with Gasteiger partial charge in [-0.05, 0) is 15.9 Å². The van der Waals surface area contributed by atoms with Gasteiger partial charge >= 0.3 is 0 Å². The minimum absolute atomic E-state index is 0.0695. The van der Waals surface area contributed by atoms with Crippen LogP contribution in [0.3, 0.4) is 0 Å². The van der Waals surface area contributed by atoms with Crippen molar-refractivity contribution in [2.75, 3.05) is 0 Å². The Morgan fingerprint density at radius 3 is 2.64 bits per heavy atom. The Morgan fingerprint density at radius 1 is 1.57 bits per heavy atom. The van der Waals surface area contributed by atoms with E-state index in [0.29, 0.717) is 4.47 Å². The number of pyridine rings is 1. The van der Waals surface area contributed by atoms with Crippen LogP contribution < -0.4 is 5.73 Å². The lowest BCUT2D eigenvalue weighted by atomic mass is 10.1. The molecule has 78 valence electrons. The van der Waals surface area contributed by atoms with Crippen molar-refractivity contribution in [1.29, 1.82) is 0 Å². The van der Waals surface area contributed by atoms with Crippen molar-refractivity contribution in [3.8, 4) is 0 Å². The summed E-state index contributed by atoms with van der Waals surface area (Å²) in [7, 11) is 0. The van der Waals surface area contributed by atoms with Gasteiger partial charge in [0.15, 0.2) is 0 Å². The maximum Gasteiger partial charge on any atom is 0.266 e. The first kappa shape index (κ1) is 11.5. The Kier molecular flexibility index (Phi) is 3.91. The fourth-order valence-electron chi connectivity index (χ4n) is 1.17. The van der Waals surface area contributed by atoms with Crippen molar-refractivity contribution in [3.63, 3.8) is 0 Å². The third kappa shape index (κ3) is 2.08. The number of hydrogen-bond acceptors (Lipinski definition) is 3.